The summed E-state index contributed by atoms with van der Waals surface area (Å²) in [6, 6.07) is 37.4. The van der Waals surface area contributed by atoms with E-state index in [0.717, 1.165) is 11.1 Å². The van der Waals surface area contributed by atoms with Gasteiger partial charge in [0.25, 0.3) is 47.2 Å². The minimum Gasteiger partial charge on any atom is -0.471 e. The highest BCUT2D eigenvalue weighted by Crippen LogP contribution is 2.36. The van der Waals surface area contributed by atoms with E-state index in [9.17, 15) is 19.2 Å². The Labute approximate surface area is 711 Å². The normalized spacial score (nSPS) is 13.3. The lowest BCUT2D eigenvalue weighted by Gasteiger charge is -2.18. The maximum atomic E-state index is 13.2. The zero-order valence-electron chi connectivity index (χ0n) is 62.7. The molecule has 0 aliphatic carbocycles. The van der Waals surface area contributed by atoms with Crippen molar-refractivity contribution in [3.05, 3.63) is 277 Å². The summed E-state index contributed by atoms with van der Waals surface area (Å²) in [6.45, 7) is 13.7. The van der Waals surface area contributed by atoms with E-state index in [4.69, 9.17) is 131 Å². The average Bonchev–Trinajstić information content (AvgIpc) is 1.34. The van der Waals surface area contributed by atoms with Gasteiger partial charge in [-0.25, -0.2) is 38.7 Å². The molecular formula is C78H64Cl8N20O12. The van der Waals surface area contributed by atoms with E-state index in [-0.39, 0.29) is 56.4 Å². The lowest BCUT2D eigenvalue weighted by atomic mass is 10.1. The number of hydrogen-bond donors (Lipinski definition) is 4. The molecule has 0 spiro atoms. The molecule has 12 heterocycles. The van der Waals surface area contributed by atoms with E-state index in [2.05, 4.69) is 82.2 Å². The van der Waals surface area contributed by atoms with Crippen molar-refractivity contribution < 1.29 is 57.5 Å². The van der Waals surface area contributed by atoms with E-state index in [0.29, 0.717) is 186 Å². The van der Waals surface area contributed by atoms with Crippen LogP contribution in [0.4, 0.5) is 22.7 Å². The van der Waals surface area contributed by atoms with Gasteiger partial charge in [0.1, 0.15) is 49.2 Å². The molecule has 4 aliphatic heterocycles. The summed E-state index contributed by atoms with van der Waals surface area (Å²) >= 11 is 50.0. The van der Waals surface area contributed by atoms with E-state index in [1.165, 1.54) is 30.9 Å². The van der Waals surface area contributed by atoms with Crippen molar-refractivity contribution in [3.63, 3.8) is 0 Å². The van der Waals surface area contributed by atoms with E-state index >= 15 is 0 Å². The molecule has 0 radical (unpaired) electrons. The number of benzene rings is 4. The Hall–Kier alpha value is -12.4. The number of pyridine rings is 4. The number of rotatable bonds is 16. The largest absolute Gasteiger partial charge is 0.471 e. The molecule has 8 aromatic heterocycles. The molecular weight excluding hydrogens is 1690 g/mol. The monoisotopic (exact) mass is 1750 g/mol. The first-order chi connectivity index (χ1) is 57.0. The second-order valence-electron chi connectivity index (χ2n) is 25.3. The van der Waals surface area contributed by atoms with Crippen LogP contribution in [0.25, 0.3) is 23.3 Å². The van der Waals surface area contributed by atoms with Crippen LogP contribution in [-0.4, -0.2) is 159 Å². The van der Waals surface area contributed by atoms with Crippen LogP contribution in [0.5, 0.6) is 0 Å². The maximum absolute atomic E-state index is 13.2. The van der Waals surface area contributed by atoms with Crippen LogP contribution in [-0.2, 0) is 38.3 Å². The molecule has 0 bridgehead atoms. The van der Waals surface area contributed by atoms with E-state index in [1.807, 2.05) is 50.2 Å². The number of nitrogens with zero attached hydrogens (tertiary/aromatic N) is 16. The number of nitrogens with one attached hydrogen (secondary N) is 4. The molecule has 0 atom stereocenters. The van der Waals surface area contributed by atoms with Crippen molar-refractivity contribution in [1.82, 2.24) is 59.1 Å². The van der Waals surface area contributed by atoms with Crippen molar-refractivity contribution in [3.8, 4) is 23.3 Å². The van der Waals surface area contributed by atoms with Gasteiger partial charge in [-0.05, 0) is 182 Å². The second kappa shape index (κ2) is 38.1. The molecule has 0 saturated heterocycles. The van der Waals surface area contributed by atoms with Crippen molar-refractivity contribution in [1.29, 1.82) is 0 Å². The Bertz CT molecular complexity index is 5610. The lowest BCUT2D eigenvalue weighted by Crippen LogP contribution is -2.22. The fourth-order valence-electron chi connectivity index (χ4n) is 11.6. The number of anilines is 4. The molecule has 0 unspecified atom stereocenters. The Morgan fingerprint density at radius 2 is 0.568 bits per heavy atom. The zero-order chi connectivity index (χ0) is 83.3. The summed E-state index contributed by atoms with van der Waals surface area (Å²) in [6.07, 6.45) is 6.31. The third kappa shape index (κ3) is 19.6. The molecule has 16 rings (SSSR count). The second-order valence-corrected chi connectivity index (χ2v) is 28.6. The van der Waals surface area contributed by atoms with E-state index in [1.54, 1.807) is 137 Å². The van der Waals surface area contributed by atoms with Crippen LogP contribution in [0.2, 0.25) is 40.2 Å². The van der Waals surface area contributed by atoms with Crippen LogP contribution in [0.1, 0.15) is 98.1 Å². The predicted octanol–water partition coefficient (Wildman–Crippen LogP) is 16.0. The van der Waals surface area contributed by atoms with Crippen LogP contribution in [0.15, 0.2) is 179 Å². The molecule has 12 aromatic rings. The third-order valence-electron chi connectivity index (χ3n) is 16.8. The van der Waals surface area contributed by atoms with Crippen molar-refractivity contribution in [2.45, 2.75) is 41.5 Å². The summed E-state index contributed by atoms with van der Waals surface area (Å²) in [4.78, 5) is 90.0. The van der Waals surface area contributed by atoms with Crippen LogP contribution in [0.3, 0.4) is 0 Å². The van der Waals surface area contributed by atoms with Gasteiger partial charge in [0.05, 0.1) is 97.9 Å². The van der Waals surface area contributed by atoms with Gasteiger partial charge < -0.3 is 59.6 Å². The highest BCUT2D eigenvalue weighted by Gasteiger charge is 2.30. The smallest absolute Gasteiger partial charge is 0.274 e. The molecule has 0 saturated carbocycles. The molecule has 0 fully saturated rings. The molecule has 4 aromatic carbocycles. The number of amides is 4. The molecule has 40 heteroatoms. The summed E-state index contributed by atoms with van der Waals surface area (Å²) < 4.78 is 27.8. The predicted molar refractivity (Wildman–Crippen MR) is 445 cm³/mol. The number of hydrogen-bond acceptors (Lipinski definition) is 24. The molecule has 4 aliphatic rings. The minimum absolute atomic E-state index is 0.165. The Kier molecular flexibility index (Phi) is 27.0. The number of para-hydroxylation sites is 2. The van der Waals surface area contributed by atoms with Gasteiger partial charge in [0, 0.05) is 34.8 Å². The van der Waals surface area contributed by atoms with Crippen molar-refractivity contribution in [2.75, 3.05) is 74.1 Å². The lowest BCUT2D eigenvalue weighted by molar-refractivity contribution is 0.0656. The number of carbonyl (C=O) groups is 4. The molecule has 32 nitrogen and oxygen atoms in total. The fraction of sp³-hybridized carbons (Fsp3) is 0.179. The van der Waals surface area contributed by atoms with Gasteiger partial charge in [-0.2, -0.15) is 20.4 Å². The van der Waals surface area contributed by atoms with Gasteiger partial charge >= 0.3 is 0 Å². The summed E-state index contributed by atoms with van der Waals surface area (Å²) in [5.74, 6) is 0.705. The van der Waals surface area contributed by atoms with E-state index < -0.39 is 11.8 Å². The van der Waals surface area contributed by atoms with Crippen LogP contribution >= 0.6 is 92.8 Å². The average molecular weight is 1760 g/mol. The first kappa shape index (κ1) is 83.5. The standard InChI is InChI=1S/2C20H18ClN5O3.2C19H14Cl3N5O3/c2*1-12-5-3-6-14(20-25-29-10-9-28-20)17(12)23-19(27)16-11-13(2)24-26(16)18-15(21)7-4-8-22-18;2*1-10-7-15(27(25-10)17-13(21)3-2-4-23-17)18(28)24-16-12(8-11(20)9-14(16)22)19-26-30-6-5-29-19/h2*3-8,11H,9-10H2,1-2H3,(H,23,27);2*2-4,7-9H,5-6H2,1H3,(H,24,28). The third-order valence-corrected chi connectivity index (χ3v) is 19.0. The SMILES string of the molecule is Cc1cc(C(=O)Nc2c(C)cccc2C2=NOCCO2)n(-c2ncccc2Cl)n1.Cc1cc(C(=O)Nc2c(C)cccc2C2=NOCCO2)n(-c2ncccc2Cl)n1.Cc1cc(C(=O)Nc2c(Cl)cc(Cl)cc2C2=NOCCO2)n(-c2ncccc2Cl)n1.Cc1cc(C(=O)Nc2c(Cl)cc(Cl)cc2C2=NOCCO2)n(-c2ncccc2Cl)n1. The van der Waals surface area contributed by atoms with Gasteiger partial charge in [-0.3, -0.25) is 19.2 Å². The Morgan fingerprint density at radius 3 is 0.822 bits per heavy atom. The Balaban J connectivity index is 0.000000136. The number of halogens is 8. The van der Waals surface area contributed by atoms with Crippen LogP contribution < -0.4 is 21.3 Å². The fourth-order valence-corrected chi connectivity index (χ4v) is 13.5. The van der Waals surface area contributed by atoms with Crippen molar-refractivity contribution >= 4 is 163 Å². The first-order valence-electron chi connectivity index (χ1n) is 35.4. The maximum Gasteiger partial charge on any atom is 0.274 e. The van der Waals surface area contributed by atoms with Gasteiger partial charge in [-0.15, -0.1) is 0 Å². The summed E-state index contributed by atoms with van der Waals surface area (Å²) in [5.41, 5.74) is 9.05. The summed E-state index contributed by atoms with van der Waals surface area (Å²) in [5, 5.41) is 47.2. The highest BCUT2D eigenvalue weighted by atomic mass is 35.5. The highest BCUT2D eigenvalue weighted by molar-refractivity contribution is 6.39. The number of ether oxygens (including phenoxy) is 4. The number of aryl methyl sites for hydroxylation is 6. The number of aromatic nitrogens is 12. The molecule has 4 N–H and O–H groups in total. The summed E-state index contributed by atoms with van der Waals surface area (Å²) in [7, 11) is 0. The molecule has 118 heavy (non-hydrogen) atoms. The topological polar surface area (TPSA) is 363 Å². The zero-order valence-corrected chi connectivity index (χ0v) is 68.8. The number of carbonyl (C=O) groups excluding carboxylic acids is 4. The van der Waals surface area contributed by atoms with Crippen molar-refractivity contribution in [2.24, 2.45) is 20.6 Å². The minimum atomic E-state index is -0.486. The van der Waals surface area contributed by atoms with Gasteiger partial charge in [0.15, 0.2) is 49.7 Å². The number of oxime groups is 4. The quantitative estimate of drug-likeness (QED) is 0.0698. The Morgan fingerprint density at radius 1 is 0.305 bits per heavy atom. The van der Waals surface area contributed by atoms with Gasteiger partial charge in [-0.1, -0.05) is 117 Å². The van der Waals surface area contributed by atoms with Crippen LogP contribution in [0, 0.1) is 41.5 Å². The molecule has 604 valence electrons. The first-order valence-corrected chi connectivity index (χ1v) is 38.4. The van der Waals surface area contributed by atoms with Gasteiger partial charge in [0.2, 0.25) is 0 Å². The molecule has 4 amide bonds.